The van der Waals surface area contributed by atoms with Gasteiger partial charge in [0, 0.05) is 24.5 Å². The minimum absolute atomic E-state index is 0.121. The molecule has 1 aromatic carbocycles. The fourth-order valence-electron chi connectivity index (χ4n) is 4.03. The molecule has 2 fully saturated rings. The molecule has 4 rings (SSSR count). The summed E-state index contributed by atoms with van der Waals surface area (Å²) >= 11 is 1.10. The molecule has 1 unspecified atom stereocenters. The van der Waals surface area contributed by atoms with Gasteiger partial charge >= 0.3 is 12.1 Å². The summed E-state index contributed by atoms with van der Waals surface area (Å²) in [5.41, 5.74) is 7.26. The standard InChI is InChI=1S/C22H27N5O5S/c1-2-31-20(29)14-4-3-9-26(12-14)15-5-7-16(8-6-15)27-13-17(32-22(27)30)10-24-19(28)18-11-25-21(23)33-18/h5-8,11,14,17H,2-4,9-10,12-13H2,1H3,(H2,23,25)(H,24,28)/t14?,17-/m1/s1. The lowest BCUT2D eigenvalue weighted by atomic mass is 9.97. The van der Waals surface area contributed by atoms with Crippen molar-refractivity contribution in [1.29, 1.82) is 0 Å². The second-order valence-corrected chi connectivity index (χ2v) is 9.00. The first-order chi connectivity index (χ1) is 15.9. The van der Waals surface area contributed by atoms with Crippen LogP contribution in [0.15, 0.2) is 30.5 Å². The number of amides is 2. The number of rotatable bonds is 7. The maximum absolute atomic E-state index is 12.4. The number of anilines is 3. The van der Waals surface area contributed by atoms with E-state index < -0.39 is 12.2 Å². The number of nitrogens with zero attached hydrogens (tertiary/aromatic N) is 3. The smallest absolute Gasteiger partial charge is 0.414 e. The number of thiazole rings is 1. The number of nitrogens with one attached hydrogen (secondary N) is 1. The highest BCUT2D eigenvalue weighted by Gasteiger charge is 2.33. The molecule has 2 aliphatic heterocycles. The number of cyclic esters (lactones) is 1. The first kappa shape index (κ1) is 22.8. The lowest BCUT2D eigenvalue weighted by Gasteiger charge is -2.33. The van der Waals surface area contributed by atoms with Gasteiger partial charge in [-0.1, -0.05) is 11.3 Å². The largest absolute Gasteiger partial charge is 0.466 e. The van der Waals surface area contributed by atoms with Crippen LogP contribution in [0.2, 0.25) is 0 Å². The highest BCUT2D eigenvalue weighted by atomic mass is 32.1. The molecule has 1 aromatic heterocycles. The van der Waals surface area contributed by atoms with Gasteiger partial charge in [-0.2, -0.15) is 0 Å². The van der Waals surface area contributed by atoms with Gasteiger partial charge in [0.2, 0.25) is 0 Å². The van der Waals surface area contributed by atoms with Gasteiger partial charge in [0.25, 0.3) is 5.91 Å². The number of aromatic nitrogens is 1. The van der Waals surface area contributed by atoms with Crippen LogP contribution in [-0.4, -0.2) is 61.8 Å². The van der Waals surface area contributed by atoms with Crippen LogP contribution in [-0.2, 0) is 14.3 Å². The summed E-state index contributed by atoms with van der Waals surface area (Å²) in [6.45, 7) is 4.22. The lowest BCUT2D eigenvalue weighted by molar-refractivity contribution is -0.148. The van der Waals surface area contributed by atoms with Crippen molar-refractivity contribution in [2.45, 2.75) is 25.9 Å². The third-order valence-corrected chi connectivity index (χ3v) is 6.50. The molecule has 0 radical (unpaired) electrons. The first-order valence-electron chi connectivity index (χ1n) is 10.9. The summed E-state index contributed by atoms with van der Waals surface area (Å²) in [5, 5.41) is 3.07. The van der Waals surface area contributed by atoms with Gasteiger partial charge in [0.15, 0.2) is 5.13 Å². The van der Waals surface area contributed by atoms with Crippen molar-refractivity contribution in [3.63, 3.8) is 0 Å². The Bertz CT molecular complexity index is 1010. The molecule has 2 amide bonds. The highest BCUT2D eigenvalue weighted by Crippen LogP contribution is 2.28. The van der Waals surface area contributed by atoms with Crippen LogP contribution >= 0.6 is 11.3 Å². The second kappa shape index (κ2) is 10.1. The zero-order chi connectivity index (χ0) is 23.4. The van der Waals surface area contributed by atoms with Crippen LogP contribution in [0.1, 0.15) is 29.4 Å². The third-order valence-electron chi connectivity index (χ3n) is 5.68. The molecule has 0 spiro atoms. The number of esters is 1. The van der Waals surface area contributed by atoms with Gasteiger partial charge in [-0.25, -0.2) is 9.78 Å². The molecule has 0 saturated carbocycles. The van der Waals surface area contributed by atoms with E-state index in [-0.39, 0.29) is 24.3 Å². The average Bonchev–Trinajstić information content (AvgIpc) is 3.43. The Labute approximate surface area is 195 Å². The van der Waals surface area contributed by atoms with Crippen molar-refractivity contribution in [1.82, 2.24) is 10.3 Å². The number of ether oxygens (including phenoxy) is 2. The van der Waals surface area contributed by atoms with E-state index in [2.05, 4.69) is 15.2 Å². The van der Waals surface area contributed by atoms with Crippen molar-refractivity contribution >= 4 is 45.8 Å². The van der Waals surface area contributed by atoms with E-state index in [0.29, 0.717) is 35.4 Å². The van der Waals surface area contributed by atoms with Crippen molar-refractivity contribution in [2.75, 3.05) is 48.3 Å². The Kier molecular flexibility index (Phi) is 6.97. The van der Waals surface area contributed by atoms with Crippen LogP contribution in [0.25, 0.3) is 0 Å². The molecule has 0 aliphatic carbocycles. The van der Waals surface area contributed by atoms with Crippen LogP contribution in [0.4, 0.5) is 21.3 Å². The van der Waals surface area contributed by atoms with Crippen LogP contribution in [0.3, 0.4) is 0 Å². The molecule has 0 bridgehead atoms. The maximum atomic E-state index is 12.4. The summed E-state index contributed by atoms with van der Waals surface area (Å²) < 4.78 is 10.6. The summed E-state index contributed by atoms with van der Waals surface area (Å²) in [4.78, 5) is 44.6. The number of carbonyl (C=O) groups excluding carboxylic acids is 3. The molecular formula is C22H27N5O5S. The summed E-state index contributed by atoms with van der Waals surface area (Å²) in [5.74, 6) is -0.564. The van der Waals surface area contributed by atoms with Crippen molar-refractivity contribution in [3.8, 4) is 0 Å². The Balaban J connectivity index is 1.32. The van der Waals surface area contributed by atoms with Crippen LogP contribution in [0, 0.1) is 5.92 Å². The van der Waals surface area contributed by atoms with E-state index in [4.69, 9.17) is 15.2 Å². The Morgan fingerprint density at radius 3 is 2.73 bits per heavy atom. The number of piperidine rings is 1. The minimum atomic E-state index is -0.459. The van der Waals surface area contributed by atoms with Crippen LogP contribution in [0.5, 0.6) is 0 Å². The number of nitrogen functional groups attached to an aromatic ring is 1. The van der Waals surface area contributed by atoms with Gasteiger partial charge < -0.3 is 25.4 Å². The zero-order valence-corrected chi connectivity index (χ0v) is 19.2. The Morgan fingerprint density at radius 2 is 2.03 bits per heavy atom. The van der Waals surface area contributed by atoms with Gasteiger partial charge in [0.05, 0.1) is 31.8 Å². The number of nitrogens with two attached hydrogens (primary N) is 1. The van der Waals surface area contributed by atoms with Gasteiger partial charge in [0.1, 0.15) is 11.0 Å². The average molecular weight is 474 g/mol. The van der Waals surface area contributed by atoms with E-state index in [9.17, 15) is 14.4 Å². The molecule has 2 aliphatic rings. The second-order valence-electron chi connectivity index (χ2n) is 7.94. The SMILES string of the molecule is CCOC(=O)C1CCCN(c2ccc(N3C[C@@H](CNC(=O)c4cnc(N)s4)OC3=O)cc2)C1. The first-order valence-corrected chi connectivity index (χ1v) is 11.8. The molecule has 33 heavy (non-hydrogen) atoms. The summed E-state index contributed by atoms with van der Waals surface area (Å²) in [6, 6.07) is 7.62. The maximum Gasteiger partial charge on any atom is 0.414 e. The fraction of sp³-hybridized carbons (Fsp3) is 0.455. The van der Waals surface area contributed by atoms with E-state index in [1.807, 2.05) is 31.2 Å². The monoisotopic (exact) mass is 473 g/mol. The fourth-order valence-corrected chi connectivity index (χ4v) is 4.63. The topological polar surface area (TPSA) is 127 Å². The minimum Gasteiger partial charge on any atom is -0.466 e. The van der Waals surface area contributed by atoms with Crippen LogP contribution < -0.4 is 20.9 Å². The molecule has 11 heteroatoms. The molecule has 176 valence electrons. The summed E-state index contributed by atoms with van der Waals surface area (Å²) in [7, 11) is 0. The molecule has 2 saturated heterocycles. The predicted molar refractivity (Wildman–Crippen MR) is 124 cm³/mol. The van der Waals surface area contributed by atoms with Crippen molar-refractivity contribution in [2.24, 2.45) is 5.92 Å². The van der Waals surface area contributed by atoms with Crippen molar-refractivity contribution in [3.05, 3.63) is 35.3 Å². The van der Waals surface area contributed by atoms with Gasteiger partial charge in [-0.05, 0) is 44.0 Å². The highest BCUT2D eigenvalue weighted by molar-refractivity contribution is 7.17. The normalized spacial score (nSPS) is 20.5. The van der Waals surface area contributed by atoms with E-state index in [1.54, 1.807) is 4.90 Å². The molecule has 3 N–H and O–H groups in total. The van der Waals surface area contributed by atoms with Gasteiger partial charge in [-0.15, -0.1) is 0 Å². The predicted octanol–water partition coefficient (Wildman–Crippen LogP) is 2.26. The Hall–Kier alpha value is -3.34. The molecule has 3 heterocycles. The summed E-state index contributed by atoms with van der Waals surface area (Å²) in [6.07, 6.45) is 2.26. The number of hydrogen-bond acceptors (Lipinski definition) is 9. The van der Waals surface area contributed by atoms with E-state index in [0.717, 1.165) is 36.4 Å². The lowest BCUT2D eigenvalue weighted by Crippen LogP contribution is -2.39. The number of carbonyl (C=O) groups is 3. The molecule has 2 atom stereocenters. The molecule has 2 aromatic rings. The third kappa shape index (κ3) is 5.36. The number of benzene rings is 1. The molecule has 10 nitrogen and oxygen atoms in total. The molecular weight excluding hydrogens is 446 g/mol. The number of hydrogen-bond donors (Lipinski definition) is 2. The Morgan fingerprint density at radius 1 is 1.27 bits per heavy atom. The van der Waals surface area contributed by atoms with E-state index in [1.165, 1.54) is 6.20 Å². The van der Waals surface area contributed by atoms with Gasteiger partial charge in [-0.3, -0.25) is 14.5 Å². The van der Waals surface area contributed by atoms with Crippen molar-refractivity contribution < 1.29 is 23.9 Å². The quantitative estimate of drug-likeness (QED) is 0.586. The zero-order valence-electron chi connectivity index (χ0n) is 18.4. The van der Waals surface area contributed by atoms with E-state index >= 15 is 0 Å².